The van der Waals surface area contributed by atoms with Crippen LogP contribution in [0.15, 0.2) is 48.6 Å². The second-order valence-electron chi connectivity index (χ2n) is 6.46. The van der Waals surface area contributed by atoms with E-state index in [2.05, 4.69) is 23.5 Å². The molecule has 0 amide bonds. The standard InChI is InChI=1S/C19H17ClN2O2/c1-11-17(22(23)24)9-8-16-14-6-3-7-15(14)19(21-18(11)16)12-4-2-5-13(20)10-12/h2-6,8-10,14-15,19,21H,7H2,1H3. The summed E-state index contributed by atoms with van der Waals surface area (Å²) >= 11 is 6.17. The number of benzene rings is 2. The van der Waals surface area contributed by atoms with Gasteiger partial charge in [0.2, 0.25) is 0 Å². The van der Waals surface area contributed by atoms with Gasteiger partial charge in [-0.3, -0.25) is 10.1 Å². The van der Waals surface area contributed by atoms with Crippen molar-refractivity contribution in [3.63, 3.8) is 0 Å². The number of anilines is 1. The Labute approximate surface area is 145 Å². The number of nitrogens with zero attached hydrogens (tertiary/aromatic N) is 1. The third-order valence-corrected chi connectivity index (χ3v) is 5.41. The first-order chi connectivity index (χ1) is 11.6. The maximum Gasteiger partial charge on any atom is 0.274 e. The van der Waals surface area contributed by atoms with Crippen molar-refractivity contribution in [3.05, 3.63) is 80.4 Å². The highest BCUT2D eigenvalue weighted by molar-refractivity contribution is 6.30. The molecule has 3 atom stereocenters. The zero-order chi connectivity index (χ0) is 16.8. The van der Waals surface area contributed by atoms with Crippen molar-refractivity contribution < 1.29 is 4.92 Å². The normalized spacial score (nSPS) is 24.2. The van der Waals surface area contributed by atoms with Gasteiger partial charge in [0.05, 0.1) is 16.5 Å². The Morgan fingerprint density at radius 1 is 1.29 bits per heavy atom. The molecule has 2 aliphatic rings. The highest BCUT2D eigenvalue weighted by atomic mass is 35.5. The number of hydrogen-bond donors (Lipinski definition) is 1. The Balaban J connectivity index is 1.85. The largest absolute Gasteiger partial charge is 0.377 e. The van der Waals surface area contributed by atoms with Crippen molar-refractivity contribution in [2.45, 2.75) is 25.3 Å². The van der Waals surface area contributed by atoms with Crippen LogP contribution in [0.5, 0.6) is 0 Å². The minimum atomic E-state index is -0.317. The van der Waals surface area contributed by atoms with Crippen LogP contribution in [-0.2, 0) is 0 Å². The summed E-state index contributed by atoms with van der Waals surface area (Å²) in [7, 11) is 0. The van der Waals surface area contributed by atoms with Crippen LogP contribution >= 0.6 is 11.6 Å². The van der Waals surface area contributed by atoms with Crippen molar-refractivity contribution in [1.82, 2.24) is 0 Å². The number of nitrogens with one attached hydrogen (secondary N) is 1. The van der Waals surface area contributed by atoms with E-state index >= 15 is 0 Å². The number of nitro groups is 1. The topological polar surface area (TPSA) is 55.2 Å². The molecule has 1 N–H and O–H groups in total. The van der Waals surface area contributed by atoms with Crippen LogP contribution in [-0.4, -0.2) is 4.92 Å². The average molecular weight is 341 g/mol. The lowest BCUT2D eigenvalue weighted by molar-refractivity contribution is -0.385. The van der Waals surface area contributed by atoms with Crippen molar-refractivity contribution >= 4 is 23.0 Å². The monoisotopic (exact) mass is 340 g/mol. The zero-order valence-electron chi connectivity index (χ0n) is 13.2. The first-order valence-corrected chi connectivity index (χ1v) is 8.40. The highest BCUT2D eigenvalue weighted by Crippen LogP contribution is 2.51. The van der Waals surface area contributed by atoms with E-state index in [1.807, 2.05) is 31.2 Å². The molecule has 0 bridgehead atoms. The summed E-state index contributed by atoms with van der Waals surface area (Å²) in [6.45, 7) is 1.82. The Morgan fingerprint density at radius 2 is 2.12 bits per heavy atom. The zero-order valence-corrected chi connectivity index (χ0v) is 14.0. The highest BCUT2D eigenvalue weighted by Gasteiger charge is 2.39. The van der Waals surface area contributed by atoms with E-state index in [0.717, 1.165) is 23.2 Å². The first-order valence-electron chi connectivity index (χ1n) is 8.03. The van der Waals surface area contributed by atoms with Gasteiger partial charge < -0.3 is 5.32 Å². The predicted molar refractivity (Wildman–Crippen MR) is 95.6 cm³/mol. The number of allylic oxidation sites excluding steroid dienone is 2. The number of fused-ring (bicyclic) bond motifs is 3. The molecular formula is C19H17ClN2O2. The molecule has 0 saturated heterocycles. The molecule has 122 valence electrons. The van der Waals surface area contributed by atoms with Crippen molar-refractivity contribution in [3.8, 4) is 0 Å². The molecule has 4 nitrogen and oxygen atoms in total. The molecule has 0 fully saturated rings. The van der Waals surface area contributed by atoms with Crippen LogP contribution in [0.3, 0.4) is 0 Å². The van der Waals surface area contributed by atoms with Gasteiger partial charge in [-0.25, -0.2) is 0 Å². The Hall–Kier alpha value is -2.33. The van der Waals surface area contributed by atoms with Crippen molar-refractivity contribution in [1.29, 1.82) is 0 Å². The number of nitro benzene ring substituents is 1. The molecule has 1 heterocycles. The van der Waals surface area contributed by atoms with Gasteiger partial charge in [0.15, 0.2) is 0 Å². The van der Waals surface area contributed by atoms with Crippen molar-refractivity contribution in [2.24, 2.45) is 5.92 Å². The van der Waals surface area contributed by atoms with Gasteiger partial charge in [0.25, 0.3) is 5.69 Å². The van der Waals surface area contributed by atoms with E-state index in [1.54, 1.807) is 6.07 Å². The molecule has 2 aromatic rings. The van der Waals surface area contributed by atoms with Gasteiger partial charge in [-0.05, 0) is 48.6 Å². The molecule has 24 heavy (non-hydrogen) atoms. The van der Waals surface area contributed by atoms with E-state index in [4.69, 9.17) is 11.6 Å². The molecule has 2 aromatic carbocycles. The second kappa shape index (κ2) is 5.64. The van der Waals surface area contributed by atoms with Gasteiger partial charge in [0.1, 0.15) is 0 Å². The van der Waals surface area contributed by atoms with E-state index < -0.39 is 0 Å². The summed E-state index contributed by atoms with van der Waals surface area (Å²) in [6, 6.07) is 11.5. The van der Waals surface area contributed by atoms with Crippen LogP contribution in [0, 0.1) is 23.0 Å². The van der Waals surface area contributed by atoms with Gasteiger partial charge in [-0.15, -0.1) is 0 Å². The van der Waals surface area contributed by atoms with Crippen LogP contribution in [0.25, 0.3) is 0 Å². The molecular weight excluding hydrogens is 324 g/mol. The first kappa shape index (κ1) is 15.2. The molecule has 3 unspecified atom stereocenters. The summed E-state index contributed by atoms with van der Waals surface area (Å²) < 4.78 is 0. The smallest absolute Gasteiger partial charge is 0.274 e. The maximum absolute atomic E-state index is 11.3. The van der Waals surface area contributed by atoms with Crippen LogP contribution in [0.1, 0.15) is 35.1 Å². The molecule has 1 aliphatic carbocycles. The molecule has 4 rings (SSSR count). The molecule has 0 aromatic heterocycles. The van der Waals surface area contributed by atoms with Crippen molar-refractivity contribution in [2.75, 3.05) is 5.32 Å². The van der Waals surface area contributed by atoms with Gasteiger partial charge in [0, 0.05) is 22.7 Å². The maximum atomic E-state index is 11.3. The fraction of sp³-hybridized carbons (Fsp3) is 0.263. The number of hydrogen-bond acceptors (Lipinski definition) is 3. The fourth-order valence-corrected chi connectivity index (χ4v) is 4.23. The van der Waals surface area contributed by atoms with Gasteiger partial charge in [-0.2, -0.15) is 0 Å². The molecule has 1 aliphatic heterocycles. The van der Waals surface area contributed by atoms with Crippen LogP contribution in [0.4, 0.5) is 11.4 Å². The molecule has 0 saturated carbocycles. The van der Waals surface area contributed by atoms with Gasteiger partial charge >= 0.3 is 0 Å². The average Bonchev–Trinajstić information content (AvgIpc) is 3.04. The fourth-order valence-electron chi connectivity index (χ4n) is 4.03. The van der Waals surface area contributed by atoms with E-state index in [1.165, 1.54) is 0 Å². The Morgan fingerprint density at radius 3 is 2.88 bits per heavy atom. The Kier molecular flexibility index (Phi) is 3.57. The SMILES string of the molecule is Cc1c([N+](=O)[O-])ccc2c1NC(c1cccc(Cl)c1)C1CC=CC21. The van der Waals surface area contributed by atoms with Gasteiger partial charge in [-0.1, -0.05) is 35.9 Å². The second-order valence-corrected chi connectivity index (χ2v) is 6.90. The lowest BCUT2D eigenvalue weighted by atomic mass is 9.76. The summed E-state index contributed by atoms with van der Waals surface area (Å²) in [5.74, 6) is 0.682. The quantitative estimate of drug-likeness (QED) is 0.453. The molecule has 0 spiro atoms. The molecule has 5 heteroatoms. The third-order valence-electron chi connectivity index (χ3n) is 5.17. The van der Waals surface area contributed by atoms with E-state index in [-0.39, 0.29) is 22.6 Å². The summed E-state index contributed by atoms with van der Waals surface area (Å²) in [6.07, 6.45) is 5.43. The third kappa shape index (κ3) is 2.29. The summed E-state index contributed by atoms with van der Waals surface area (Å²) in [5.41, 5.74) is 4.02. The number of halogens is 1. The lowest BCUT2D eigenvalue weighted by Crippen LogP contribution is -2.29. The van der Waals surface area contributed by atoms with E-state index in [9.17, 15) is 10.1 Å². The minimum absolute atomic E-state index is 0.0944. The molecule has 0 radical (unpaired) electrons. The number of rotatable bonds is 2. The summed E-state index contributed by atoms with van der Waals surface area (Å²) in [5, 5.41) is 15.6. The lowest BCUT2D eigenvalue weighted by Gasteiger charge is -2.38. The summed E-state index contributed by atoms with van der Waals surface area (Å²) in [4.78, 5) is 11.0. The Bertz CT molecular complexity index is 862. The predicted octanol–water partition coefficient (Wildman–Crippen LogP) is 5.38. The van der Waals surface area contributed by atoms with E-state index in [0.29, 0.717) is 16.5 Å². The minimum Gasteiger partial charge on any atom is -0.377 e. The van der Waals surface area contributed by atoms with Crippen LogP contribution in [0.2, 0.25) is 5.02 Å². The van der Waals surface area contributed by atoms with Crippen LogP contribution < -0.4 is 5.32 Å².